The molecule has 0 N–H and O–H groups in total. The Bertz CT molecular complexity index is 893. The van der Waals surface area contributed by atoms with Crippen LogP contribution < -0.4 is 0 Å². The Kier molecular flexibility index (Phi) is 1.91. The molecule has 4 aromatic rings. The lowest BCUT2D eigenvalue weighted by atomic mass is 10.1. The minimum atomic E-state index is 0.757. The monoisotopic (exact) mass is 252 g/mol. The van der Waals surface area contributed by atoms with Gasteiger partial charge in [-0.25, -0.2) is 4.98 Å². The molecule has 18 heavy (non-hydrogen) atoms. The maximum Gasteiger partial charge on any atom is 0.145 e. The molecule has 0 aliphatic heterocycles. The third-order valence-corrected chi connectivity index (χ3v) is 3.55. The van der Waals surface area contributed by atoms with Crippen molar-refractivity contribution in [3.8, 4) is 0 Å². The van der Waals surface area contributed by atoms with E-state index in [2.05, 4.69) is 21.5 Å². The molecule has 0 saturated heterocycles. The van der Waals surface area contributed by atoms with E-state index in [0.29, 0.717) is 0 Å². The lowest BCUT2D eigenvalue weighted by Gasteiger charge is -2.08. The van der Waals surface area contributed by atoms with Crippen LogP contribution in [0, 0.1) is 0 Å². The van der Waals surface area contributed by atoms with Crippen molar-refractivity contribution in [1.82, 2.24) is 9.38 Å². The van der Waals surface area contributed by atoms with Crippen molar-refractivity contribution >= 4 is 38.9 Å². The molecule has 2 aromatic heterocycles. The summed E-state index contributed by atoms with van der Waals surface area (Å²) in [5, 5.41) is 4.25. The summed E-state index contributed by atoms with van der Waals surface area (Å²) in [6.07, 6.45) is 3.81. The lowest BCUT2D eigenvalue weighted by Crippen LogP contribution is -1.89. The summed E-state index contributed by atoms with van der Waals surface area (Å²) in [5.74, 6) is 0. The molecule has 0 saturated carbocycles. The van der Waals surface area contributed by atoms with Gasteiger partial charge in [-0.3, -0.25) is 4.40 Å². The second-order valence-corrected chi connectivity index (χ2v) is 4.76. The number of halogens is 1. The van der Waals surface area contributed by atoms with Crippen LogP contribution in [0.3, 0.4) is 0 Å². The third-order valence-electron chi connectivity index (χ3n) is 3.32. The van der Waals surface area contributed by atoms with Crippen LogP contribution >= 0.6 is 11.6 Å². The molecule has 2 nitrogen and oxygen atoms in total. The van der Waals surface area contributed by atoms with Gasteiger partial charge in [0.15, 0.2) is 0 Å². The predicted molar refractivity (Wildman–Crippen MR) is 75.2 cm³/mol. The highest BCUT2D eigenvalue weighted by Gasteiger charge is 2.08. The summed E-state index contributed by atoms with van der Waals surface area (Å²) in [7, 11) is 0. The van der Waals surface area contributed by atoms with Crippen molar-refractivity contribution in [3.05, 3.63) is 59.9 Å². The Hall–Kier alpha value is -2.06. The quantitative estimate of drug-likeness (QED) is 0.427. The molecule has 0 amide bonds. The van der Waals surface area contributed by atoms with Crippen LogP contribution in [0.25, 0.3) is 27.3 Å². The molecular weight excluding hydrogens is 244 g/mol. The van der Waals surface area contributed by atoms with Crippen LogP contribution in [-0.2, 0) is 0 Å². The number of imidazole rings is 1. The van der Waals surface area contributed by atoms with E-state index >= 15 is 0 Å². The van der Waals surface area contributed by atoms with Crippen LogP contribution in [0.1, 0.15) is 0 Å². The first kappa shape index (κ1) is 9.92. The molecule has 0 radical (unpaired) electrons. The van der Waals surface area contributed by atoms with Gasteiger partial charge in [-0.2, -0.15) is 0 Å². The molecule has 2 aromatic carbocycles. The number of benzene rings is 2. The fraction of sp³-hybridized carbons (Fsp3) is 0. The summed E-state index contributed by atoms with van der Waals surface area (Å²) in [6.45, 7) is 0. The fourth-order valence-corrected chi connectivity index (χ4v) is 2.72. The molecule has 0 bridgehead atoms. The molecular formula is C15H9ClN2. The predicted octanol–water partition coefficient (Wildman–Crippen LogP) is 4.29. The first-order valence-electron chi connectivity index (χ1n) is 5.77. The van der Waals surface area contributed by atoms with E-state index in [1.807, 2.05) is 42.7 Å². The molecule has 4 rings (SSSR count). The SMILES string of the molecule is Clc1ccc2c(c1)c1ccccc1c1nccn21. The molecule has 86 valence electrons. The van der Waals surface area contributed by atoms with E-state index in [4.69, 9.17) is 11.6 Å². The van der Waals surface area contributed by atoms with Gasteiger partial charge in [-0.05, 0) is 23.6 Å². The van der Waals surface area contributed by atoms with Crippen molar-refractivity contribution in [2.24, 2.45) is 0 Å². The summed E-state index contributed by atoms with van der Waals surface area (Å²) in [4.78, 5) is 4.45. The maximum absolute atomic E-state index is 6.12. The zero-order chi connectivity index (χ0) is 12.1. The molecule has 2 heterocycles. The highest BCUT2D eigenvalue weighted by atomic mass is 35.5. The summed E-state index contributed by atoms with van der Waals surface area (Å²) >= 11 is 6.12. The van der Waals surface area contributed by atoms with Gasteiger partial charge in [-0.15, -0.1) is 0 Å². The van der Waals surface area contributed by atoms with Crippen molar-refractivity contribution in [1.29, 1.82) is 0 Å². The number of nitrogens with zero attached hydrogens (tertiary/aromatic N) is 2. The first-order chi connectivity index (χ1) is 8.84. The van der Waals surface area contributed by atoms with Gasteiger partial charge in [-0.1, -0.05) is 35.9 Å². The van der Waals surface area contributed by atoms with Crippen molar-refractivity contribution < 1.29 is 0 Å². The van der Waals surface area contributed by atoms with Gasteiger partial charge in [0.1, 0.15) is 5.65 Å². The average molecular weight is 253 g/mol. The van der Waals surface area contributed by atoms with E-state index in [9.17, 15) is 0 Å². The Balaban J connectivity index is 2.44. The highest BCUT2D eigenvalue weighted by molar-refractivity contribution is 6.31. The van der Waals surface area contributed by atoms with E-state index in [1.165, 1.54) is 5.39 Å². The van der Waals surface area contributed by atoms with E-state index in [0.717, 1.165) is 27.0 Å². The van der Waals surface area contributed by atoms with Crippen molar-refractivity contribution in [3.63, 3.8) is 0 Å². The van der Waals surface area contributed by atoms with E-state index in [1.54, 1.807) is 0 Å². The fourth-order valence-electron chi connectivity index (χ4n) is 2.54. The first-order valence-corrected chi connectivity index (χ1v) is 6.15. The molecule has 0 unspecified atom stereocenters. The number of pyridine rings is 1. The zero-order valence-electron chi connectivity index (χ0n) is 9.47. The molecule has 0 spiro atoms. The molecule has 0 aliphatic rings. The highest BCUT2D eigenvalue weighted by Crippen LogP contribution is 2.30. The second kappa shape index (κ2) is 3.47. The third kappa shape index (κ3) is 1.21. The van der Waals surface area contributed by atoms with Crippen molar-refractivity contribution in [2.75, 3.05) is 0 Å². The van der Waals surface area contributed by atoms with Crippen LogP contribution in [0.15, 0.2) is 54.9 Å². The standard InChI is InChI=1S/C15H9ClN2/c16-10-5-6-14-13(9-10)11-3-1-2-4-12(11)15-17-7-8-18(14)15/h1-9H. The van der Waals surface area contributed by atoms with Gasteiger partial charge >= 0.3 is 0 Å². The molecule has 0 aliphatic carbocycles. The van der Waals surface area contributed by atoms with E-state index < -0.39 is 0 Å². The van der Waals surface area contributed by atoms with Gasteiger partial charge in [0.2, 0.25) is 0 Å². The lowest BCUT2D eigenvalue weighted by molar-refractivity contribution is 1.27. The van der Waals surface area contributed by atoms with Gasteiger partial charge in [0.25, 0.3) is 0 Å². The number of fused-ring (bicyclic) bond motifs is 6. The molecule has 3 heteroatoms. The minimum Gasteiger partial charge on any atom is -0.299 e. The Morgan fingerprint density at radius 2 is 1.78 bits per heavy atom. The smallest absolute Gasteiger partial charge is 0.145 e. The summed E-state index contributed by atoms with van der Waals surface area (Å²) in [5.41, 5.74) is 2.12. The van der Waals surface area contributed by atoms with Crippen LogP contribution in [-0.4, -0.2) is 9.38 Å². The topological polar surface area (TPSA) is 17.3 Å². The zero-order valence-corrected chi connectivity index (χ0v) is 10.2. The van der Waals surface area contributed by atoms with Gasteiger partial charge < -0.3 is 0 Å². The number of rotatable bonds is 0. The number of hydrogen-bond donors (Lipinski definition) is 0. The Morgan fingerprint density at radius 1 is 0.944 bits per heavy atom. The normalized spacial score (nSPS) is 11.6. The molecule has 0 fully saturated rings. The second-order valence-electron chi connectivity index (χ2n) is 4.33. The van der Waals surface area contributed by atoms with Crippen LogP contribution in [0.4, 0.5) is 0 Å². The van der Waals surface area contributed by atoms with Crippen LogP contribution in [0.5, 0.6) is 0 Å². The molecule has 0 atom stereocenters. The number of aromatic nitrogens is 2. The van der Waals surface area contributed by atoms with Gasteiger partial charge in [0, 0.05) is 28.2 Å². The summed E-state index contributed by atoms with van der Waals surface area (Å²) < 4.78 is 2.11. The average Bonchev–Trinajstić information content (AvgIpc) is 2.88. The largest absolute Gasteiger partial charge is 0.299 e. The van der Waals surface area contributed by atoms with Crippen molar-refractivity contribution in [2.45, 2.75) is 0 Å². The number of hydrogen-bond acceptors (Lipinski definition) is 1. The Morgan fingerprint density at radius 3 is 2.67 bits per heavy atom. The van der Waals surface area contributed by atoms with Gasteiger partial charge in [0.05, 0.1) is 5.52 Å². The maximum atomic E-state index is 6.12. The Labute approximate surface area is 108 Å². The minimum absolute atomic E-state index is 0.757. The summed E-state index contributed by atoms with van der Waals surface area (Å²) in [6, 6.07) is 14.3. The van der Waals surface area contributed by atoms with E-state index in [-0.39, 0.29) is 0 Å². The van der Waals surface area contributed by atoms with Crippen LogP contribution in [0.2, 0.25) is 5.02 Å².